The van der Waals surface area contributed by atoms with Gasteiger partial charge in [-0.05, 0) is 82.2 Å². The molecule has 1 heterocycles. The predicted molar refractivity (Wildman–Crippen MR) is 139 cm³/mol. The number of nitrogens with zero attached hydrogens (tertiary/aromatic N) is 2. The van der Waals surface area contributed by atoms with Crippen molar-refractivity contribution >= 4 is 20.0 Å². The van der Waals surface area contributed by atoms with Crippen molar-refractivity contribution in [2.75, 3.05) is 13.1 Å². The molecule has 2 aromatic rings. The third kappa shape index (κ3) is 6.07. The predicted octanol–water partition coefficient (Wildman–Crippen LogP) is 5.47. The van der Waals surface area contributed by atoms with Gasteiger partial charge in [-0.15, -0.1) is 0 Å². The summed E-state index contributed by atoms with van der Waals surface area (Å²) in [5.41, 5.74) is 1.53. The van der Waals surface area contributed by atoms with Crippen LogP contribution in [0.25, 0.3) is 0 Å². The number of hydrogen-bond acceptors (Lipinski definition) is 4. The molecule has 0 amide bonds. The van der Waals surface area contributed by atoms with E-state index in [-0.39, 0.29) is 28.9 Å². The minimum absolute atomic E-state index is 0.00195. The highest BCUT2D eigenvalue weighted by Crippen LogP contribution is 2.28. The third-order valence-electron chi connectivity index (χ3n) is 7.18. The second-order valence-electron chi connectivity index (χ2n) is 9.72. The number of rotatable bonds is 9. The van der Waals surface area contributed by atoms with E-state index in [2.05, 4.69) is 6.08 Å². The molecule has 0 radical (unpaired) electrons. The van der Waals surface area contributed by atoms with E-state index in [0.717, 1.165) is 44.9 Å². The van der Waals surface area contributed by atoms with Gasteiger partial charge in [0.05, 0.1) is 9.79 Å². The summed E-state index contributed by atoms with van der Waals surface area (Å²) in [7, 11) is -7.69. The smallest absolute Gasteiger partial charge is 0.207 e. The molecule has 0 bridgehead atoms. The number of allylic oxidation sites excluding steroid dienone is 1. The van der Waals surface area contributed by atoms with Crippen molar-refractivity contribution in [1.29, 1.82) is 0 Å². The van der Waals surface area contributed by atoms with Gasteiger partial charge in [-0.2, -0.15) is 8.61 Å². The molecule has 6 nitrogen and oxygen atoms in total. The molecule has 1 saturated heterocycles. The van der Waals surface area contributed by atoms with Crippen LogP contribution < -0.4 is 0 Å². The Bertz CT molecular complexity index is 1290. The molecule has 0 unspecified atom stereocenters. The second kappa shape index (κ2) is 11.5. The van der Waals surface area contributed by atoms with E-state index >= 15 is 0 Å². The van der Waals surface area contributed by atoms with Crippen molar-refractivity contribution in [3.8, 4) is 0 Å². The maximum Gasteiger partial charge on any atom is 0.243 e. The number of piperidine rings is 1. The van der Waals surface area contributed by atoms with E-state index < -0.39 is 25.9 Å². The Hall–Kier alpha value is -2.07. The summed E-state index contributed by atoms with van der Waals surface area (Å²) in [6, 6.07) is 11.5. The van der Waals surface area contributed by atoms with Crippen LogP contribution in [0.3, 0.4) is 0 Å². The van der Waals surface area contributed by atoms with Gasteiger partial charge in [-0.25, -0.2) is 21.2 Å². The normalized spacial score (nSPS) is 19.9. The van der Waals surface area contributed by atoms with Crippen molar-refractivity contribution in [1.82, 2.24) is 8.61 Å². The van der Waals surface area contributed by atoms with Crippen LogP contribution in [0.5, 0.6) is 0 Å². The molecule has 36 heavy (non-hydrogen) atoms. The average Bonchev–Trinajstić information content (AvgIpc) is 2.88. The van der Waals surface area contributed by atoms with Crippen LogP contribution in [-0.2, 0) is 26.6 Å². The van der Waals surface area contributed by atoms with E-state index in [1.807, 2.05) is 6.92 Å². The largest absolute Gasteiger partial charge is 0.243 e. The van der Waals surface area contributed by atoms with Crippen LogP contribution in [0.1, 0.15) is 63.9 Å². The summed E-state index contributed by atoms with van der Waals surface area (Å²) in [6.07, 6.45) is 9.59. The first-order chi connectivity index (χ1) is 17.2. The molecule has 0 spiro atoms. The Balaban J connectivity index is 1.59. The first kappa shape index (κ1) is 27.0. The van der Waals surface area contributed by atoms with E-state index in [4.69, 9.17) is 0 Å². The van der Waals surface area contributed by atoms with Gasteiger partial charge < -0.3 is 0 Å². The molecule has 9 heteroatoms. The van der Waals surface area contributed by atoms with Crippen molar-refractivity contribution in [3.63, 3.8) is 0 Å². The van der Waals surface area contributed by atoms with E-state index in [1.165, 1.54) is 44.5 Å². The number of hydrogen-bond donors (Lipinski definition) is 0. The zero-order chi connectivity index (χ0) is 25.8. The van der Waals surface area contributed by atoms with Crippen LogP contribution in [-0.4, -0.2) is 44.6 Å². The standard InChI is InChI=1S/C27H35FN2O4S2/c1-22-9-7-8-19-30(22)36(33,34)26-16-14-25(15-17-26)35(31,32)29(20-18-23-10-3-2-4-11-23)21-24-12-5-6-13-27(24)28/h5-6,10,12-17,22H,2-4,7-9,11,18-21H2,1H3/t22-/m0/s1. The molecule has 1 aliphatic heterocycles. The Morgan fingerprint density at radius 2 is 1.67 bits per heavy atom. The summed E-state index contributed by atoms with van der Waals surface area (Å²) in [5.74, 6) is -0.452. The Morgan fingerprint density at radius 1 is 0.944 bits per heavy atom. The molecular weight excluding hydrogens is 499 g/mol. The highest BCUT2D eigenvalue weighted by Gasteiger charge is 2.32. The van der Waals surface area contributed by atoms with Crippen molar-refractivity contribution in [2.45, 2.75) is 80.7 Å². The lowest BCUT2D eigenvalue weighted by Gasteiger charge is -2.32. The summed E-state index contributed by atoms with van der Waals surface area (Å²) in [6.45, 7) is 2.51. The molecule has 2 aromatic carbocycles. The van der Waals surface area contributed by atoms with E-state index in [1.54, 1.807) is 18.2 Å². The fraction of sp³-hybridized carbons (Fsp3) is 0.481. The number of benzene rings is 2. The van der Waals surface area contributed by atoms with Crippen molar-refractivity contribution in [2.24, 2.45) is 0 Å². The van der Waals surface area contributed by atoms with Crippen LogP contribution >= 0.6 is 0 Å². The van der Waals surface area contributed by atoms with Gasteiger partial charge in [-0.3, -0.25) is 0 Å². The van der Waals surface area contributed by atoms with Gasteiger partial charge in [-0.1, -0.05) is 36.3 Å². The lowest BCUT2D eigenvalue weighted by atomic mass is 9.97. The SMILES string of the molecule is C[C@H]1CCCCN1S(=O)(=O)c1ccc(S(=O)(=O)N(CCC2=CCCCC2)Cc2ccccc2F)cc1. The van der Waals surface area contributed by atoms with Gasteiger partial charge in [0.1, 0.15) is 5.82 Å². The quantitative estimate of drug-likeness (QED) is 0.400. The Kier molecular flexibility index (Phi) is 8.65. The first-order valence-corrected chi connectivity index (χ1v) is 15.6. The third-order valence-corrected chi connectivity index (χ3v) is 11.1. The zero-order valence-corrected chi connectivity index (χ0v) is 22.4. The second-order valence-corrected chi connectivity index (χ2v) is 13.5. The van der Waals surface area contributed by atoms with Crippen LogP contribution in [0.2, 0.25) is 0 Å². The fourth-order valence-electron chi connectivity index (χ4n) is 5.00. The lowest BCUT2D eigenvalue weighted by Crippen LogP contribution is -2.41. The van der Waals surface area contributed by atoms with E-state index in [9.17, 15) is 21.2 Å². The monoisotopic (exact) mass is 534 g/mol. The molecule has 0 saturated carbocycles. The first-order valence-electron chi connectivity index (χ1n) is 12.7. The average molecular weight is 535 g/mol. The zero-order valence-electron chi connectivity index (χ0n) is 20.8. The molecule has 1 fully saturated rings. The maximum absolute atomic E-state index is 14.4. The number of sulfonamides is 2. The topological polar surface area (TPSA) is 74.8 Å². The van der Waals surface area contributed by atoms with E-state index in [0.29, 0.717) is 18.5 Å². The van der Waals surface area contributed by atoms with Gasteiger partial charge in [0.2, 0.25) is 20.0 Å². The number of halogens is 1. The van der Waals surface area contributed by atoms with Gasteiger partial charge in [0, 0.05) is 31.2 Å². The molecule has 0 aromatic heterocycles. The summed E-state index contributed by atoms with van der Waals surface area (Å²) in [5, 5.41) is 0. The molecule has 2 aliphatic rings. The molecule has 1 atom stereocenters. The summed E-state index contributed by atoms with van der Waals surface area (Å²) in [4.78, 5) is 0.0883. The van der Waals surface area contributed by atoms with Crippen molar-refractivity contribution < 1.29 is 21.2 Å². The Morgan fingerprint density at radius 3 is 2.33 bits per heavy atom. The maximum atomic E-state index is 14.4. The molecule has 4 rings (SSSR count). The molecule has 0 N–H and O–H groups in total. The lowest BCUT2D eigenvalue weighted by molar-refractivity contribution is 0.268. The molecule has 196 valence electrons. The van der Waals surface area contributed by atoms with Gasteiger partial charge in [0.25, 0.3) is 0 Å². The van der Waals surface area contributed by atoms with Crippen LogP contribution in [0, 0.1) is 5.82 Å². The van der Waals surface area contributed by atoms with Gasteiger partial charge >= 0.3 is 0 Å². The summed E-state index contributed by atoms with van der Waals surface area (Å²) >= 11 is 0. The summed E-state index contributed by atoms with van der Waals surface area (Å²) < 4.78 is 70.9. The van der Waals surface area contributed by atoms with Crippen LogP contribution in [0.4, 0.5) is 4.39 Å². The Labute approximate surface area is 214 Å². The minimum Gasteiger partial charge on any atom is -0.207 e. The minimum atomic E-state index is -3.98. The highest BCUT2D eigenvalue weighted by molar-refractivity contribution is 7.89. The van der Waals surface area contributed by atoms with Crippen LogP contribution in [0.15, 0.2) is 70.0 Å². The molecular formula is C27H35FN2O4S2. The highest BCUT2D eigenvalue weighted by atomic mass is 32.2. The van der Waals surface area contributed by atoms with Crippen molar-refractivity contribution in [3.05, 3.63) is 71.6 Å². The fourth-order valence-corrected chi connectivity index (χ4v) is 8.12. The van der Waals surface area contributed by atoms with Gasteiger partial charge in [0.15, 0.2) is 0 Å². The molecule has 1 aliphatic carbocycles.